The zero-order valence-electron chi connectivity index (χ0n) is 15.0. The van der Waals surface area contributed by atoms with Crippen LogP contribution in [0.5, 0.6) is 28.7 Å². The van der Waals surface area contributed by atoms with Crippen LogP contribution < -0.4 is 29.0 Å². The van der Waals surface area contributed by atoms with E-state index in [1.807, 2.05) is 42.5 Å². The van der Waals surface area contributed by atoms with Gasteiger partial charge in [0.1, 0.15) is 18.5 Å². The summed E-state index contributed by atoms with van der Waals surface area (Å²) in [5.41, 5.74) is 0. The van der Waals surface area contributed by atoms with Gasteiger partial charge in [-0.2, -0.15) is 0 Å². The summed E-state index contributed by atoms with van der Waals surface area (Å²) < 4.78 is 28.0. The van der Waals surface area contributed by atoms with Gasteiger partial charge in [0.05, 0.1) is 6.61 Å². The molecule has 0 fully saturated rings. The second-order valence-electron chi connectivity index (χ2n) is 6.27. The number of hydrogen-bond donors (Lipinski definition) is 1. The molecule has 0 bridgehead atoms. The Morgan fingerprint density at radius 3 is 2.67 bits per heavy atom. The smallest absolute Gasteiger partial charge is 0.231 e. The van der Waals surface area contributed by atoms with E-state index in [-0.39, 0.29) is 25.3 Å². The second kappa shape index (κ2) is 9.58. The number of halogens is 1. The number of nitrogens with one attached hydrogen (secondary N) is 1. The van der Waals surface area contributed by atoms with E-state index in [0.29, 0.717) is 13.2 Å². The van der Waals surface area contributed by atoms with Crippen molar-refractivity contribution in [2.75, 3.05) is 33.1 Å². The predicted molar refractivity (Wildman–Crippen MR) is 104 cm³/mol. The lowest BCUT2D eigenvalue weighted by Crippen LogP contribution is -2.38. The highest BCUT2D eigenvalue weighted by molar-refractivity contribution is 5.85. The van der Waals surface area contributed by atoms with Gasteiger partial charge in [-0.05, 0) is 43.7 Å². The number of rotatable bonds is 8. The molecule has 2 aromatic rings. The van der Waals surface area contributed by atoms with Gasteiger partial charge in [0, 0.05) is 12.6 Å². The summed E-state index contributed by atoms with van der Waals surface area (Å²) in [6, 6.07) is 13.4. The highest BCUT2D eigenvalue weighted by atomic mass is 35.5. The number of unbranched alkanes of at least 4 members (excludes halogenated alkanes) is 1. The first-order valence-electron chi connectivity index (χ1n) is 9.00. The van der Waals surface area contributed by atoms with E-state index in [1.54, 1.807) is 0 Å². The molecule has 1 atom stereocenters. The topological polar surface area (TPSA) is 58.2 Å². The van der Waals surface area contributed by atoms with Crippen molar-refractivity contribution in [3.63, 3.8) is 0 Å². The first-order chi connectivity index (χ1) is 12.9. The second-order valence-corrected chi connectivity index (χ2v) is 6.27. The lowest BCUT2D eigenvalue weighted by molar-refractivity contribution is 0.0904. The molecule has 1 N–H and O–H groups in total. The van der Waals surface area contributed by atoms with Crippen LogP contribution in [-0.2, 0) is 0 Å². The summed E-state index contributed by atoms with van der Waals surface area (Å²) in [5.74, 6) is 3.99. The maximum atomic E-state index is 5.92. The van der Waals surface area contributed by atoms with Gasteiger partial charge in [0.2, 0.25) is 6.79 Å². The third-order valence-electron chi connectivity index (χ3n) is 4.30. The minimum atomic E-state index is 0. The summed E-state index contributed by atoms with van der Waals surface area (Å²) in [7, 11) is 0. The number of fused-ring (bicyclic) bond motifs is 2. The Morgan fingerprint density at radius 1 is 0.926 bits per heavy atom. The van der Waals surface area contributed by atoms with Gasteiger partial charge in [0.25, 0.3) is 0 Å². The maximum absolute atomic E-state index is 5.92. The van der Waals surface area contributed by atoms with E-state index in [1.165, 1.54) is 0 Å². The summed E-state index contributed by atoms with van der Waals surface area (Å²) in [6.45, 7) is 3.24. The Balaban J connectivity index is 0.00000210. The largest absolute Gasteiger partial charge is 0.493 e. The maximum Gasteiger partial charge on any atom is 0.231 e. The van der Waals surface area contributed by atoms with Gasteiger partial charge < -0.3 is 29.0 Å². The van der Waals surface area contributed by atoms with E-state index >= 15 is 0 Å². The van der Waals surface area contributed by atoms with Crippen LogP contribution in [0.1, 0.15) is 12.8 Å². The lowest BCUT2D eigenvalue weighted by Gasteiger charge is -2.26. The highest BCUT2D eigenvalue weighted by Crippen LogP contribution is 2.35. The van der Waals surface area contributed by atoms with Gasteiger partial charge >= 0.3 is 0 Å². The number of hydrogen-bond acceptors (Lipinski definition) is 6. The zero-order valence-corrected chi connectivity index (χ0v) is 15.8. The molecule has 0 amide bonds. The fourth-order valence-corrected chi connectivity index (χ4v) is 2.94. The molecule has 0 saturated heterocycles. The Morgan fingerprint density at radius 2 is 1.74 bits per heavy atom. The number of ether oxygens (including phenoxy) is 5. The molecule has 4 rings (SSSR count). The standard InChI is InChI=1S/C20H23NO5.ClH/c1-2-6-19-17(5-1)23-13-16(26-19)12-21-9-3-4-10-22-15-7-8-18-20(11-15)25-14-24-18;/h1-2,5-8,11,16,21H,3-4,9-10,12-14H2;1H. The van der Waals surface area contributed by atoms with Crippen molar-refractivity contribution >= 4 is 12.4 Å². The first-order valence-corrected chi connectivity index (χ1v) is 9.00. The average molecular weight is 394 g/mol. The number of para-hydroxylation sites is 2. The Bertz CT molecular complexity index is 742. The SMILES string of the molecule is Cl.c1ccc2c(c1)OCC(CNCCCCOc1ccc3c(c1)OCO3)O2. The Kier molecular flexibility index (Phi) is 6.90. The van der Waals surface area contributed by atoms with Crippen LogP contribution in [0.2, 0.25) is 0 Å². The van der Waals surface area contributed by atoms with Crippen LogP contribution in [0.3, 0.4) is 0 Å². The summed E-state index contributed by atoms with van der Waals surface area (Å²) >= 11 is 0. The van der Waals surface area contributed by atoms with Crippen molar-refractivity contribution in [1.29, 1.82) is 0 Å². The van der Waals surface area contributed by atoms with Crippen LogP contribution in [0.25, 0.3) is 0 Å². The molecular weight excluding hydrogens is 370 g/mol. The van der Waals surface area contributed by atoms with E-state index in [9.17, 15) is 0 Å². The molecule has 0 aliphatic carbocycles. The fraction of sp³-hybridized carbons (Fsp3) is 0.400. The molecule has 2 heterocycles. The molecule has 7 heteroatoms. The normalized spacial score (nSPS) is 16.5. The molecule has 2 aliphatic heterocycles. The minimum absolute atomic E-state index is 0. The van der Waals surface area contributed by atoms with E-state index in [4.69, 9.17) is 23.7 Å². The van der Waals surface area contributed by atoms with E-state index in [2.05, 4.69) is 5.32 Å². The van der Waals surface area contributed by atoms with Crippen LogP contribution in [0.15, 0.2) is 42.5 Å². The quantitative estimate of drug-likeness (QED) is 0.693. The highest BCUT2D eigenvalue weighted by Gasteiger charge is 2.19. The monoisotopic (exact) mass is 393 g/mol. The molecule has 6 nitrogen and oxygen atoms in total. The van der Waals surface area contributed by atoms with Gasteiger partial charge in [0.15, 0.2) is 23.0 Å². The van der Waals surface area contributed by atoms with Crippen LogP contribution in [-0.4, -0.2) is 39.2 Å². The molecule has 0 spiro atoms. The van der Waals surface area contributed by atoms with Gasteiger partial charge in [-0.1, -0.05) is 12.1 Å². The first kappa shape index (κ1) is 19.5. The molecular formula is C20H24ClNO5. The lowest BCUT2D eigenvalue weighted by atomic mass is 10.2. The minimum Gasteiger partial charge on any atom is -0.493 e. The van der Waals surface area contributed by atoms with Crippen molar-refractivity contribution in [1.82, 2.24) is 5.32 Å². The van der Waals surface area contributed by atoms with Crippen molar-refractivity contribution in [3.8, 4) is 28.7 Å². The summed E-state index contributed by atoms with van der Waals surface area (Å²) in [4.78, 5) is 0. The Labute approximate surface area is 165 Å². The van der Waals surface area contributed by atoms with Crippen molar-refractivity contribution in [2.24, 2.45) is 0 Å². The van der Waals surface area contributed by atoms with Crippen LogP contribution in [0.4, 0.5) is 0 Å². The molecule has 146 valence electrons. The molecule has 0 aromatic heterocycles. The van der Waals surface area contributed by atoms with E-state index in [0.717, 1.165) is 54.7 Å². The van der Waals surface area contributed by atoms with Crippen LogP contribution >= 0.6 is 12.4 Å². The fourth-order valence-electron chi connectivity index (χ4n) is 2.94. The molecule has 0 radical (unpaired) electrons. The third-order valence-corrected chi connectivity index (χ3v) is 4.30. The molecule has 1 unspecified atom stereocenters. The van der Waals surface area contributed by atoms with Crippen molar-refractivity contribution in [2.45, 2.75) is 18.9 Å². The van der Waals surface area contributed by atoms with Gasteiger partial charge in [-0.3, -0.25) is 0 Å². The van der Waals surface area contributed by atoms with Gasteiger partial charge in [-0.15, -0.1) is 12.4 Å². The third kappa shape index (κ3) is 5.11. The average Bonchev–Trinajstić information content (AvgIpc) is 3.15. The summed E-state index contributed by atoms with van der Waals surface area (Å²) in [6.07, 6.45) is 2.07. The Hall–Kier alpha value is -2.31. The number of benzene rings is 2. The molecule has 0 saturated carbocycles. The summed E-state index contributed by atoms with van der Waals surface area (Å²) in [5, 5.41) is 3.42. The van der Waals surface area contributed by atoms with Gasteiger partial charge in [-0.25, -0.2) is 0 Å². The van der Waals surface area contributed by atoms with Crippen molar-refractivity contribution < 1.29 is 23.7 Å². The molecule has 2 aliphatic rings. The molecule has 2 aromatic carbocycles. The van der Waals surface area contributed by atoms with Crippen molar-refractivity contribution in [3.05, 3.63) is 42.5 Å². The molecule has 27 heavy (non-hydrogen) atoms. The predicted octanol–water partition coefficient (Wildman–Crippen LogP) is 3.43. The zero-order chi connectivity index (χ0) is 17.6. The van der Waals surface area contributed by atoms with Crippen LogP contribution in [0, 0.1) is 0 Å². The van der Waals surface area contributed by atoms with E-state index < -0.39 is 0 Å².